The lowest BCUT2D eigenvalue weighted by Crippen LogP contribution is -1.97. The molecule has 84 valence electrons. The van der Waals surface area contributed by atoms with Crippen LogP contribution >= 0.6 is 22.9 Å². The molecule has 0 aliphatic heterocycles. The molecule has 16 heavy (non-hydrogen) atoms. The maximum atomic E-state index is 6.05. The van der Waals surface area contributed by atoms with Gasteiger partial charge in [-0.25, -0.2) is 4.98 Å². The average molecular weight is 253 g/mol. The molecule has 0 aliphatic rings. The Labute approximate surface area is 104 Å². The number of rotatable bonds is 3. The van der Waals surface area contributed by atoms with Crippen LogP contribution in [0.4, 0.5) is 5.69 Å². The van der Waals surface area contributed by atoms with Gasteiger partial charge in [0.05, 0.1) is 11.6 Å². The Morgan fingerprint density at radius 2 is 2.19 bits per heavy atom. The molecule has 0 bridgehead atoms. The van der Waals surface area contributed by atoms with E-state index in [0.717, 1.165) is 27.8 Å². The second-order valence-corrected chi connectivity index (χ2v) is 5.39. The molecule has 0 radical (unpaired) electrons. The van der Waals surface area contributed by atoms with E-state index in [-0.39, 0.29) is 0 Å². The van der Waals surface area contributed by atoms with Gasteiger partial charge >= 0.3 is 0 Å². The van der Waals surface area contributed by atoms with Crippen LogP contribution in [-0.2, 0) is 6.54 Å². The summed E-state index contributed by atoms with van der Waals surface area (Å²) in [4.78, 5) is 5.44. The standard InChI is InChI=1S/C12H13ClN2S/c1-8-3-4-10(5-12(8)13)15-7-11-6-14-9(2)16-11/h3-6,15H,7H2,1-2H3. The number of anilines is 1. The number of thiazole rings is 1. The van der Waals surface area contributed by atoms with E-state index in [9.17, 15) is 0 Å². The van der Waals surface area contributed by atoms with Gasteiger partial charge in [0.2, 0.25) is 0 Å². The highest BCUT2D eigenvalue weighted by Gasteiger charge is 2.00. The minimum absolute atomic E-state index is 0.797. The predicted octanol–water partition coefficient (Wildman–Crippen LogP) is 4.03. The van der Waals surface area contributed by atoms with Crippen LogP contribution in [0.15, 0.2) is 24.4 Å². The number of nitrogens with zero attached hydrogens (tertiary/aromatic N) is 1. The minimum Gasteiger partial charge on any atom is -0.380 e. The summed E-state index contributed by atoms with van der Waals surface area (Å²) >= 11 is 7.76. The normalized spacial score (nSPS) is 10.4. The summed E-state index contributed by atoms with van der Waals surface area (Å²) in [5.41, 5.74) is 2.14. The van der Waals surface area contributed by atoms with E-state index < -0.39 is 0 Å². The molecule has 0 atom stereocenters. The first kappa shape index (κ1) is 11.4. The summed E-state index contributed by atoms with van der Waals surface area (Å²) in [5.74, 6) is 0. The van der Waals surface area contributed by atoms with Gasteiger partial charge in [-0.05, 0) is 31.5 Å². The number of hydrogen-bond donors (Lipinski definition) is 1. The Morgan fingerprint density at radius 3 is 2.81 bits per heavy atom. The second kappa shape index (κ2) is 4.85. The quantitative estimate of drug-likeness (QED) is 0.892. The molecule has 0 amide bonds. The largest absolute Gasteiger partial charge is 0.380 e. The monoisotopic (exact) mass is 252 g/mol. The number of halogens is 1. The molecule has 1 aromatic heterocycles. The average Bonchev–Trinajstić information content (AvgIpc) is 2.66. The molecule has 0 saturated heterocycles. The zero-order chi connectivity index (χ0) is 11.5. The van der Waals surface area contributed by atoms with Gasteiger partial charge in [-0.3, -0.25) is 0 Å². The molecule has 0 fully saturated rings. The van der Waals surface area contributed by atoms with Crippen LogP contribution in [0.2, 0.25) is 5.02 Å². The van der Waals surface area contributed by atoms with Crippen molar-refractivity contribution in [3.05, 3.63) is 44.9 Å². The number of nitrogens with one attached hydrogen (secondary N) is 1. The highest BCUT2D eigenvalue weighted by molar-refractivity contribution is 7.11. The van der Waals surface area contributed by atoms with Gasteiger partial charge in [-0.1, -0.05) is 17.7 Å². The van der Waals surface area contributed by atoms with Crippen LogP contribution in [0, 0.1) is 13.8 Å². The zero-order valence-corrected chi connectivity index (χ0v) is 10.8. The molecule has 0 unspecified atom stereocenters. The molecular formula is C12H13ClN2S. The fourth-order valence-electron chi connectivity index (χ4n) is 1.38. The highest BCUT2D eigenvalue weighted by atomic mass is 35.5. The topological polar surface area (TPSA) is 24.9 Å². The first-order valence-electron chi connectivity index (χ1n) is 5.06. The van der Waals surface area contributed by atoms with E-state index >= 15 is 0 Å². The highest BCUT2D eigenvalue weighted by Crippen LogP contribution is 2.21. The molecule has 2 nitrogen and oxygen atoms in total. The van der Waals surface area contributed by atoms with Gasteiger partial charge in [-0.2, -0.15) is 0 Å². The van der Waals surface area contributed by atoms with Gasteiger partial charge in [0.1, 0.15) is 0 Å². The SMILES string of the molecule is Cc1ncc(CNc2ccc(C)c(Cl)c2)s1. The van der Waals surface area contributed by atoms with Crippen LogP contribution in [0.1, 0.15) is 15.4 Å². The third-order valence-corrected chi connectivity index (χ3v) is 3.63. The molecule has 1 N–H and O–H groups in total. The van der Waals surface area contributed by atoms with Crippen molar-refractivity contribution < 1.29 is 0 Å². The van der Waals surface area contributed by atoms with E-state index in [2.05, 4.69) is 10.3 Å². The Balaban J connectivity index is 2.02. The van der Waals surface area contributed by atoms with Crippen molar-refractivity contribution >= 4 is 28.6 Å². The van der Waals surface area contributed by atoms with Crippen molar-refractivity contribution in [2.75, 3.05) is 5.32 Å². The molecule has 1 aromatic carbocycles. The molecule has 4 heteroatoms. The summed E-state index contributed by atoms with van der Waals surface area (Å²) in [6.45, 7) is 4.81. The number of aryl methyl sites for hydroxylation is 2. The smallest absolute Gasteiger partial charge is 0.0897 e. The maximum Gasteiger partial charge on any atom is 0.0897 e. The van der Waals surface area contributed by atoms with Crippen molar-refractivity contribution in [1.82, 2.24) is 4.98 Å². The Bertz CT molecular complexity index is 494. The third-order valence-electron chi connectivity index (χ3n) is 2.31. The zero-order valence-electron chi connectivity index (χ0n) is 9.25. The first-order valence-corrected chi connectivity index (χ1v) is 6.26. The van der Waals surface area contributed by atoms with Crippen LogP contribution in [0.5, 0.6) is 0 Å². The number of aromatic nitrogens is 1. The van der Waals surface area contributed by atoms with E-state index in [1.165, 1.54) is 4.88 Å². The van der Waals surface area contributed by atoms with Crippen LogP contribution in [-0.4, -0.2) is 4.98 Å². The molecule has 1 heterocycles. The lowest BCUT2D eigenvalue weighted by Gasteiger charge is -2.06. The van der Waals surface area contributed by atoms with Crippen molar-refractivity contribution in [3.63, 3.8) is 0 Å². The van der Waals surface area contributed by atoms with E-state index in [4.69, 9.17) is 11.6 Å². The van der Waals surface area contributed by atoms with Crippen LogP contribution in [0.25, 0.3) is 0 Å². The fourth-order valence-corrected chi connectivity index (χ4v) is 2.29. The molecule has 2 aromatic rings. The predicted molar refractivity (Wildman–Crippen MR) is 70.4 cm³/mol. The molecule has 2 rings (SSSR count). The summed E-state index contributed by atoms with van der Waals surface area (Å²) in [6.07, 6.45) is 1.91. The van der Waals surface area contributed by atoms with Gasteiger partial charge in [0, 0.05) is 21.8 Å². The van der Waals surface area contributed by atoms with E-state index in [0.29, 0.717) is 0 Å². The van der Waals surface area contributed by atoms with E-state index in [1.807, 2.05) is 38.2 Å². The van der Waals surface area contributed by atoms with Crippen molar-refractivity contribution in [1.29, 1.82) is 0 Å². The first-order chi connectivity index (χ1) is 7.65. The van der Waals surface area contributed by atoms with Gasteiger partial charge < -0.3 is 5.32 Å². The third kappa shape index (κ3) is 2.74. The molecule has 0 aliphatic carbocycles. The summed E-state index contributed by atoms with van der Waals surface area (Å²) in [5, 5.41) is 5.22. The lowest BCUT2D eigenvalue weighted by molar-refractivity contribution is 1.17. The molecule has 0 saturated carbocycles. The van der Waals surface area contributed by atoms with Gasteiger partial charge in [0.25, 0.3) is 0 Å². The van der Waals surface area contributed by atoms with Gasteiger partial charge in [-0.15, -0.1) is 11.3 Å². The summed E-state index contributed by atoms with van der Waals surface area (Å²) in [7, 11) is 0. The summed E-state index contributed by atoms with van der Waals surface area (Å²) in [6, 6.07) is 6.00. The van der Waals surface area contributed by atoms with Crippen molar-refractivity contribution in [2.45, 2.75) is 20.4 Å². The van der Waals surface area contributed by atoms with Gasteiger partial charge in [0.15, 0.2) is 0 Å². The summed E-state index contributed by atoms with van der Waals surface area (Å²) < 4.78 is 0. The Kier molecular flexibility index (Phi) is 3.46. The Hall–Kier alpha value is -1.06. The minimum atomic E-state index is 0.797. The number of hydrogen-bond acceptors (Lipinski definition) is 3. The number of benzene rings is 1. The molecular weight excluding hydrogens is 240 g/mol. The van der Waals surface area contributed by atoms with Crippen molar-refractivity contribution in [3.8, 4) is 0 Å². The Morgan fingerprint density at radius 1 is 1.38 bits per heavy atom. The van der Waals surface area contributed by atoms with Crippen LogP contribution < -0.4 is 5.32 Å². The van der Waals surface area contributed by atoms with E-state index in [1.54, 1.807) is 11.3 Å². The maximum absolute atomic E-state index is 6.05. The fraction of sp³-hybridized carbons (Fsp3) is 0.250. The lowest BCUT2D eigenvalue weighted by atomic mass is 10.2. The second-order valence-electron chi connectivity index (χ2n) is 3.66. The van der Waals surface area contributed by atoms with Crippen LogP contribution in [0.3, 0.4) is 0 Å². The molecule has 0 spiro atoms. The van der Waals surface area contributed by atoms with Crippen molar-refractivity contribution in [2.24, 2.45) is 0 Å².